The highest BCUT2D eigenvalue weighted by Crippen LogP contribution is 2.27. The Balaban J connectivity index is 1.97. The minimum atomic E-state index is -0.210. The number of carbonyl (C=O) groups excluding carboxylic acids is 2. The van der Waals surface area contributed by atoms with Gasteiger partial charge in [0.15, 0.2) is 11.8 Å². The van der Waals surface area contributed by atoms with Crippen molar-refractivity contribution in [1.29, 1.82) is 0 Å². The summed E-state index contributed by atoms with van der Waals surface area (Å²) in [6, 6.07) is 0.00819. The third kappa shape index (κ3) is 3.02. The first-order valence-corrected chi connectivity index (χ1v) is 6.98. The maximum atomic E-state index is 12.0. The fourth-order valence-electron chi connectivity index (χ4n) is 2.39. The maximum Gasteiger partial charge on any atom is 0.317 e. The van der Waals surface area contributed by atoms with Crippen LogP contribution in [-0.2, 0) is 9.63 Å². The van der Waals surface area contributed by atoms with E-state index in [4.69, 9.17) is 4.84 Å². The molecule has 2 unspecified atom stereocenters. The van der Waals surface area contributed by atoms with Gasteiger partial charge in [0.25, 0.3) is 5.91 Å². The Bertz CT molecular complexity index is 433. The van der Waals surface area contributed by atoms with Crippen LogP contribution >= 0.6 is 0 Å². The summed E-state index contributed by atoms with van der Waals surface area (Å²) in [4.78, 5) is 30.9. The number of likely N-dealkylation sites (tertiary alicyclic amines) is 1. The van der Waals surface area contributed by atoms with Crippen molar-refractivity contribution in [2.75, 3.05) is 13.1 Å². The molecule has 7 nitrogen and oxygen atoms in total. The van der Waals surface area contributed by atoms with Crippen molar-refractivity contribution in [2.45, 2.75) is 45.9 Å². The summed E-state index contributed by atoms with van der Waals surface area (Å²) in [6.07, 6.45) is -0.208. The Morgan fingerprint density at radius 1 is 1.20 bits per heavy atom. The van der Waals surface area contributed by atoms with Crippen LogP contribution in [0.1, 0.15) is 27.7 Å². The fraction of sp³-hybridized carbons (Fsp3) is 0.769. The minimum absolute atomic E-state index is 0.0472. The monoisotopic (exact) mass is 282 g/mol. The Morgan fingerprint density at radius 3 is 2.45 bits per heavy atom. The maximum absolute atomic E-state index is 12.0. The van der Waals surface area contributed by atoms with E-state index in [-0.39, 0.29) is 36.0 Å². The van der Waals surface area contributed by atoms with Crippen molar-refractivity contribution >= 4 is 17.6 Å². The lowest BCUT2D eigenvalue weighted by Gasteiger charge is -2.19. The van der Waals surface area contributed by atoms with Gasteiger partial charge in [0.2, 0.25) is 0 Å². The fourth-order valence-corrected chi connectivity index (χ4v) is 2.39. The van der Waals surface area contributed by atoms with E-state index >= 15 is 0 Å². The molecule has 0 spiro atoms. The standard InChI is InChI=1S/C13H22N4O3/c1-7(2)14-12(18)11-9-5-17(6-10(9)20-16-11)13(19)15-8(3)4/h7-10H,5-6H2,1-4H3,(H,14,18)(H,15,19). The SMILES string of the molecule is CC(C)NC(=O)C1=NOC2CN(C(=O)NC(C)C)CC12. The summed E-state index contributed by atoms with van der Waals surface area (Å²) in [6.45, 7) is 8.53. The molecule has 0 aromatic carbocycles. The average Bonchev–Trinajstić information content (AvgIpc) is 2.84. The first kappa shape index (κ1) is 14.6. The lowest BCUT2D eigenvalue weighted by atomic mass is 10.0. The summed E-state index contributed by atoms with van der Waals surface area (Å²) < 4.78 is 0. The Morgan fingerprint density at radius 2 is 1.85 bits per heavy atom. The molecule has 0 bridgehead atoms. The number of rotatable bonds is 3. The molecule has 112 valence electrons. The lowest BCUT2D eigenvalue weighted by Crippen LogP contribution is -2.43. The number of carbonyl (C=O) groups is 2. The molecule has 2 heterocycles. The van der Waals surface area contributed by atoms with Crippen LogP contribution in [0.15, 0.2) is 5.16 Å². The smallest absolute Gasteiger partial charge is 0.317 e. The molecule has 0 aromatic rings. The van der Waals surface area contributed by atoms with Crippen LogP contribution in [0.25, 0.3) is 0 Å². The summed E-state index contributed by atoms with van der Waals surface area (Å²) >= 11 is 0. The van der Waals surface area contributed by atoms with E-state index in [0.717, 1.165) is 0 Å². The topological polar surface area (TPSA) is 83.0 Å². The molecular formula is C13H22N4O3. The van der Waals surface area contributed by atoms with Gasteiger partial charge in [-0.15, -0.1) is 0 Å². The molecule has 0 aliphatic carbocycles. The van der Waals surface area contributed by atoms with Gasteiger partial charge >= 0.3 is 6.03 Å². The largest absolute Gasteiger partial charge is 0.389 e. The highest BCUT2D eigenvalue weighted by Gasteiger charge is 2.46. The van der Waals surface area contributed by atoms with E-state index < -0.39 is 0 Å². The molecule has 0 aromatic heterocycles. The van der Waals surface area contributed by atoms with Gasteiger partial charge < -0.3 is 20.4 Å². The molecule has 2 rings (SSSR count). The van der Waals surface area contributed by atoms with E-state index in [1.807, 2.05) is 27.7 Å². The minimum Gasteiger partial charge on any atom is -0.389 e. The first-order valence-electron chi connectivity index (χ1n) is 6.98. The zero-order valence-corrected chi connectivity index (χ0v) is 12.3. The van der Waals surface area contributed by atoms with E-state index in [1.54, 1.807) is 4.90 Å². The molecule has 2 aliphatic rings. The van der Waals surface area contributed by atoms with Crippen molar-refractivity contribution in [3.05, 3.63) is 0 Å². The molecule has 2 aliphatic heterocycles. The molecule has 3 amide bonds. The number of amides is 3. The van der Waals surface area contributed by atoms with Gasteiger partial charge in [0, 0.05) is 18.6 Å². The van der Waals surface area contributed by atoms with Gasteiger partial charge in [-0.2, -0.15) is 0 Å². The Hall–Kier alpha value is -1.79. The number of hydrogen-bond acceptors (Lipinski definition) is 4. The second kappa shape index (κ2) is 5.68. The summed E-state index contributed by atoms with van der Waals surface area (Å²) in [7, 11) is 0. The number of oxime groups is 1. The van der Waals surface area contributed by atoms with Crippen LogP contribution in [0.2, 0.25) is 0 Å². The summed E-state index contributed by atoms with van der Waals surface area (Å²) in [5.41, 5.74) is 0.392. The van der Waals surface area contributed by atoms with Crippen molar-refractivity contribution in [3.63, 3.8) is 0 Å². The van der Waals surface area contributed by atoms with Crippen LogP contribution in [-0.4, -0.2) is 53.8 Å². The van der Waals surface area contributed by atoms with Crippen LogP contribution < -0.4 is 10.6 Å². The van der Waals surface area contributed by atoms with E-state index in [1.165, 1.54) is 0 Å². The van der Waals surface area contributed by atoms with Crippen LogP contribution in [0.4, 0.5) is 4.79 Å². The third-order valence-electron chi connectivity index (χ3n) is 3.26. The van der Waals surface area contributed by atoms with Gasteiger partial charge in [-0.1, -0.05) is 5.16 Å². The van der Waals surface area contributed by atoms with E-state index in [9.17, 15) is 9.59 Å². The highest BCUT2D eigenvalue weighted by molar-refractivity contribution is 6.40. The van der Waals surface area contributed by atoms with Crippen LogP contribution in [0.5, 0.6) is 0 Å². The molecule has 2 atom stereocenters. The zero-order valence-electron chi connectivity index (χ0n) is 12.3. The van der Waals surface area contributed by atoms with Gasteiger partial charge in [-0.25, -0.2) is 4.79 Å². The lowest BCUT2D eigenvalue weighted by molar-refractivity contribution is -0.115. The Labute approximate surface area is 118 Å². The quantitative estimate of drug-likeness (QED) is 0.782. The van der Waals surface area contributed by atoms with E-state index in [0.29, 0.717) is 18.8 Å². The van der Waals surface area contributed by atoms with Gasteiger partial charge in [0.05, 0.1) is 12.5 Å². The number of hydrogen-bond donors (Lipinski definition) is 2. The second-order valence-corrected chi connectivity index (χ2v) is 5.86. The Kier molecular flexibility index (Phi) is 4.15. The average molecular weight is 282 g/mol. The first-order chi connectivity index (χ1) is 9.38. The summed E-state index contributed by atoms with van der Waals surface area (Å²) in [5, 5.41) is 9.52. The van der Waals surface area contributed by atoms with Crippen LogP contribution in [0.3, 0.4) is 0 Å². The van der Waals surface area contributed by atoms with Crippen LogP contribution in [0, 0.1) is 5.92 Å². The number of urea groups is 1. The number of fused-ring (bicyclic) bond motifs is 1. The molecule has 2 N–H and O–H groups in total. The number of nitrogens with one attached hydrogen (secondary N) is 2. The summed E-state index contributed by atoms with van der Waals surface area (Å²) in [5.74, 6) is -0.342. The highest BCUT2D eigenvalue weighted by atomic mass is 16.6. The van der Waals surface area contributed by atoms with Crippen molar-refractivity contribution in [1.82, 2.24) is 15.5 Å². The van der Waals surface area contributed by atoms with Crippen molar-refractivity contribution in [2.24, 2.45) is 11.1 Å². The van der Waals surface area contributed by atoms with Gasteiger partial charge in [-0.05, 0) is 27.7 Å². The van der Waals surface area contributed by atoms with Crippen molar-refractivity contribution in [3.8, 4) is 0 Å². The van der Waals surface area contributed by atoms with E-state index in [2.05, 4.69) is 15.8 Å². The van der Waals surface area contributed by atoms with Gasteiger partial charge in [0.1, 0.15) is 0 Å². The van der Waals surface area contributed by atoms with Gasteiger partial charge in [-0.3, -0.25) is 4.79 Å². The zero-order chi connectivity index (χ0) is 14.9. The molecule has 7 heteroatoms. The third-order valence-corrected chi connectivity index (χ3v) is 3.26. The molecule has 1 fully saturated rings. The molecular weight excluding hydrogens is 260 g/mol. The molecule has 0 saturated carbocycles. The van der Waals surface area contributed by atoms with Crippen molar-refractivity contribution < 1.29 is 14.4 Å². The predicted molar refractivity (Wildman–Crippen MR) is 74.3 cm³/mol. The molecule has 0 radical (unpaired) electrons. The normalized spacial score (nSPS) is 24.5. The predicted octanol–water partition coefficient (Wildman–Crippen LogP) is 0.316. The number of nitrogens with zero attached hydrogens (tertiary/aromatic N) is 2. The molecule has 1 saturated heterocycles. The molecule has 20 heavy (non-hydrogen) atoms. The second-order valence-electron chi connectivity index (χ2n) is 5.86.